The second-order valence-corrected chi connectivity index (χ2v) is 4.77. The third kappa shape index (κ3) is 2.58. The number of rotatable bonds is 5. The Balaban J connectivity index is 2.91. The van der Waals surface area contributed by atoms with Gasteiger partial charge in [0.1, 0.15) is 5.54 Å². The number of hydrogen-bond acceptors (Lipinski definition) is 3. The highest BCUT2D eigenvalue weighted by molar-refractivity contribution is 5.87. The van der Waals surface area contributed by atoms with Crippen LogP contribution in [0.1, 0.15) is 32.6 Å². The first-order chi connectivity index (χ1) is 8.49. The van der Waals surface area contributed by atoms with Crippen molar-refractivity contribution < 1.29 is 19.8 Å². The van der Waals surface area contributed by atoms with Crippen LogP contribution in [0.4, 0.5) is 4.79 Å². The molecule has 2 amide bonds. The van der Waals surface area contributed by atoms with E-state index in [1.54, 1.807) is 7.05 Å². The molecule has 2 N–H and O–H groups in total. The van der Waals surface area contributed by atoms with Gasteiger partial charge in [-0.1, -0.05) is 13.3 Å². The smallest absolute Gasteiger partial charge is 0.329 e. The third-order valence-corrected chi connectivity index (χ3v) is 3.54. The Kier molecular flexibility index (Phi) is 4.95. The lowest BCUT2D eigenvalue weighted by Crippen LogP contribution is -2.56. The highest BCUT2D eigenvalue weighted by Gasteiger charge is 2.49. The Morgan fingerprint density at radius 1 is 1.44 bits per heavy atom. The molecule has 1 unspecified atom stereocenters. The van der Waals surface area contributed by atoms with E-state index in [-0.39, 0.29) is 19.2 Å². The molecule has 1 fully saturated rings. The number of carboxylic acid groups (broad SMARTS) is 1. The van der Waals surface area contributed by atoms with Gasteiger partial charge in [0.05, 0.1) is 6.61 Å². The summed E-state index contributed by atoms with van der Waals surface area (Å²) in [5.74, 6) is -0.924. The topological polar surface area (TPSA) is 81.1 Å². The lowest BCUT2D eigenvalue weighted by atomic mass is 9.91. The molecule has 1 aliphatic rings. The number of aliphatic hydroxyl groups excluding tert-OH is 1. The molecule has 0 aromatic heterocycles. The van der Waals surface area contributed by atoms with E-state index in [0.29, 0.717) is 25.8 Å². The Morgan fingerprint density at radius 3 is 2.61 bits per heavy atom. The predicted octanol–water partition coefficient (Wildman–Crippen LogP) is 0.750. The van der Waals surface area contributed by atoms with E-state index >= 15 is 0 Å². The van der Waals surface area contributed by atoms with Crippen molar-refractivity contribution in [1.82, 2.24) is 9.80 Å². The van der Waals surface area contributed by atoms with Crippen molar-refractivity contribution >= 4 is 12.0 Å². The number of likely N-dealkylation sites (N-methyl/N-ethyl adjacent to an activating group) is 1. The van der Waals surface area contributed by atoms with E-state index in [1.807, 2.05) is 6.92 Å². The summed E-state index contributed by atoms with van der Waals surface area (Å²) in [6.07, 6.45) is 2.42. The number of likely N-dealkylation sites (tertiary alicyclic amines) is 1. The van der Waals surface area contributed by atoms with E-state index < -0.39 is 11.5 Å². The molecule has 0 aliphatic carbocycles. The van der Waals surface area contributed by atoms with Gasteiger partial charge in [0.15, 0.2) is 0 Å². The Bertz CT molecular complexity index is 321. The first-order valence-electron chi connectivity index (χ1n) is 6.36. The molecule has 0 aromatic rings. The maximum Gasteiger partial charge on any atom is 0.329 e. The molecule has 18 heavy (non-hydrogen) atoms. The number of nitrogens with zero attached hydrogens (tertiary/aromatic N) is 2. The summed E-state index contributed by atoms with van der Waals surface area (Å²) in [6, 6.07) is -0.308. The van der Waals surface area contributed by atoms with Gasteiger partial charge in [-0.2, -0.15) is 0 Å². The quantitative estimate of drug-likeness (QED) is 0.762. The average molecular weight is 258 g/mol. The van der Waals surface area contributed by atoms with Gasteiger partial charge in [0.25, 0.3) is 0 Å². The Morgan fingerprint density at radius 2 is 2.11 bits per heavy atom. The van der Waals surface area contributed by atoms with Gasteiger partial charge in [0, 0.05) is 20.1 Å². The first-order valence-corrected chi connectivity index (χ1v) is 6.36. The maximum atomic E-state index is 12.2. The zero-order valence-corrected chi connectivity index (χ0v) is 11.1. The standard InChI is InChI=1S/C12H22N2O4/c1-3-5-12(10(16)17)6-4-7-14(12)11(18)13(2)8-9-15/h15H,3-9H2,1-2H3,(H,16,17). The van der Waals surface area contributed by atoms with Crippen LogP contribution >= 0.6 is 0 Å². The van der Waals surface area contributed by atoms with E-state index in [4.69, 9.17) is 5.11 Å². The van der Waals surface area contributed by atoms with Gasteiger partial charge in [0.2, 0.25) is 0 Å². The van der Waals surface area contributed by atoms with Gasteiger partial charge in [-0.3, -0.25) is 0 Å². The fraction of sp³-hybridized carbons (Fsp3) is 0.833. The Hall–Kier alpha value is -1.30. The van der Waals surface area contributed by atoms with Gasteiger partial charge < -0.3 is 20.0 Å². The SMILES string of the molecule is CCCC1(C(=O)O)CCCN1C(=O)N(C)CCO. The monoisotopic (exact) mass is 258 g/mol. The minimum absolute atomic E-state index is 0.121. The zero-order valence-electron chi connectivity index (χ0n) is 11.1. The van der Waals surface area contributed by atoms with Crippen molar-refractivity contribution in [2.75, 3.05) is 26.7 Å². The summed E-state index contributed by atoms with van der Waals surface area (Å²) in [5, 5.41) is 18.3. The molecule has 104 valence electrons. The fourth-order valence-corrected chi connectivity index (χ4v) is 2.61. The molecule has 6 nitrogen and oxygen atoms in total. The normalized spacial score (nSPS) is 23.2. The lowest BCUT2D eigenvalue weighted by molar-refractivity contribution is -0.148. The molecule has 1 rings (SSSR count). The molecule has 0 aromatic carbocycles. The number of urea groups is 1. The molecule has 1 atom stereocenters. The second kappa shape index (κ2) is 6.04. The molecular weight excluding hydrogens is 236 g/mol. The number of amides is 2. The van der Waals surface area contributed by atoms with E-state index in [9.17, 15) is 14.7 Å². The van der Waals surface area contributed by atoms with Crippen LogP contribution in [0.5, 0.6) is 0 Å². The third-order valence-electron chi connectivity index (χ3n) is 3.54. The second-order valence-electron chi connectivity index (χ2n) is 4.77. The molecule has 1 aliphatic heterocycles. The van der Waals surface area contributed by atoms with Crippen LogP contribution in [-0.2, 0) is 4.79 Å². The maximum absolute atomic E-state index is 12.2. The highest BCUT2D eigenvalue weighted by Crippen LogP contribution is 2.34. The van der Waals surface area contributed by atoms with Crippen LogP contribution < -0.4 is 0 Å². The number of carboxylic acids is 1. The zero-order chi connectivity index (χ0) is 13.8. The van der Waals surface area contributed by atoms with Crippen LogP contribution in [0.25, 0.3) is 0 Å². The van der Waals surface area contributed by atoms with Crippen molar-refractivity contribution in [3.63, 3.8) is 0 Å². The molecule has 0 bridgehead atoms. The number of aliphatic carboxylic acids is 1. The van der Waals surface area contributed by atoms with Crippen molar-refractivity contribution in [3.8, 4) is 0 Å². The summed E-state index contributed by atoms with van der Waals surface area (Å²) in [5.41, 5.74) is -1.06. The van der Waals surface area contributed by atoms with Crippen molar-refractivity contribution in [2.45, 2.75) is 38.1 Å². The molecule has 1 heterocycles. The molecule has 0 saturated carbocycles. The van der Waals surface area contributed by atoms with Crippen LogP contribution in [0.3, 0.4) is 0 Å². The van der Waals surface area contributed by atoms with Gasteiger partial charge in [-0.25, -0.2) is 9.59 Å². The minimum Gasteiger partial charge on any atom is -0.479 e. The first kappa shape index (κ1) is 14.8. The molecular formula is C12H22N2O4. The fourth-order valence-electron chi connectivity index (χ4n) is 2.61. The van der Waals surface area contributed by atoms with Crippen LogP contribution in [-0.4, -0.2) is 64.3 Å². The minimum atomic E-state index is -1.06. The van der Waals surface area contributed by atoms with Crippen LogP contribution in [0.2, 0.25) is 0 Å². The molecule has 0 radical (unpaired) electrons. The number of hydrogen-bond donors (Lipinski definition) is 2. The van der Waals surface area contributed by atoms with Crippen molar-refractivity contribution in [3.05, 3.63) is 0 Å². The number of aliphatic hydroxyl groups is 1. The van der Waals surface area contributed by atoms with Crippen molar-refractivity contribution in [2.24, 2.45) is 0 Å². The predicted molar refractivity (Wildman–Crippen MR) is 66.3 cm³/mol. The van der Waals surface area contributed by atoms with Crippen LogP contribution in [0.15, 0.2) is 0 Å². The van der Waals surface area contributed by atoms with Crippen molar-refractivity contribution in [1.29, 1.82) is 0 Å². The van der Waals surface area contributed by atoms with E-state index in [1.165, 1.54) is 9.80 Å². The highest BCUT2D eigenvalue weighted by atomic mass is 16.4. The van der Waals surface area contributed by atoms with Gasteiger partial charge in [-0.05, 0) is 19.3 Å². The summed E-state index contributed by atoms with van der Waals surface area (Å²) >= 11 is 0. The number of carbonyl (C=O) groups excluding carboxylic acids is 1. The summed E-state index contributed by atoms with van der Waals surface area (Å²) in [7, 11) is 1.58. The van der Waals surface area contributed by atoms with E-state index in [0.717, 1.165) is 6.42 Å². The summed E-state index contributed by atoms with van der Waals surface area (Å²) in [4.78, 5) is 26.6. The lowest BCUT2D eigenvalue weighted by Gasteiger charge is -2.36. The van der Waals surface area contributed by atoms with E-state index in [2.05, 4.69) is 0 Å². The van der Waals surface area contributed by atoms with Crippen LogP contribution in [0, 0.1) is 0 Å². The van der Waals surface area contributed by atoms with Gasteiger partial charge in [-0.15, -0.1) is 0 Å². The summed E-state index contributed by atoms with van der Waals surface area (Å²) in [6.45, 7) is 2.49. The Labute approximate surface area is 107 Å². The summed E-state index contributed by atoms with van der Waals surface area (Å²) < 4.78 is 0. The molecule has 0 spiro atoms. The molecule has 6 heteroatoms. The average Bonchev–Trinajstić information content (AvgIpc) is 2.74. The molecule has 1 saturated heterocycles. The number of carbonyl (C=O) groups is 2. The van der Waals surface area contributed by atoms with Gasteiger partial charge >= 0.3 is 12.0 Å². The largest absolute Gasteiger partial charge is 0.479 e.